The van der Waals surface area contributed by atoms with Gasteiger partial charge in [0.15, 0.2) is 0 Å². The Morgan fingerprint density at radius 2 is 1.52 bits per heavy atom. The van der Waals surface area contributed by atoms with Gasteiger partial charge in [0.05, 0.1) is 5.69 Å². The summed E-state index contributed by atoms with van der Waals surface area (Å²) in [6.07, 6.45) is 0. The normalized spacial score (nSPS) is 10.8. The molecule has 3 rings (SSSR count). The Morgan fingerprint density at radius 3 is 2.19 bits per heavy atom. The molecule has 0 N–H and O–H groups in total. The Morgan fingerprint density at radius 1 is 0.905 bits per heavy atom. The number of rotatable bonds is 4. The molecule has 3 aromatic rings. The monoisotopic (exact) mass is 351 g/mol. The molecule has 2 aromatic carbocycles. The van der Waals surface area contributed by atoms with Crippen LogP contribution in [0.1, 0.15) is 5.69 Å². The minimum Gasteiger partial charge on any atom is -0.240 e. The Kier molecular flexibility index (Phi) is 4.86. The van der Waals surface area contributed by atoms with E-state index in [1.165, 1.54) is 4.90 Å². The molecule has 0 aliphatic heterocycles. The van der Waals surface area contributed by atoms with Crippen molar-refractivity contribution in [2.24, 2.45) is 0 Å². The van der Waals surface area contributed by atoms with Crippen molar-refractivity contribution in [3.8, 4) is 10.6 Å². The highest BCUT2D eigenvalue weighted by molar-refractivity contribution is 7.98. The first-order chi connectivity index (χ1) is 10.2. The van der Waals surface area contributed by atoms with Crippen molar-refractivity contribution < 1.29 is 0 Å². The molecule has 0 atom stereocenters. The number of benzene rings is 2. The Labute approximate surface area is 142 Å². The van der Waals surface area contributed by atoms with Crippen LogP contribution in [-0.2, 0) is 5.75 Å². The van der Waals surface area contributed by atoms with Crippen LogP contribution in [0.4, 0.5) is 0 Å². The van der Waals surface area contributed by atoms with Crippen LogP contribution in [0.2, 0.25) is 10.0 Å². The van der Waals surface area contributed by atoms with E-state index in [0.29, 0.717) is 0 Å². The van der Waals surface area contributed by atoms with Crippen molar-refractivity contribution in [3.63, 3.8) is 0 Å². The first-order valence-electron chi connectivity index (χ1n) is 6.29. The average Bonchev–Trinajstić information content (AvgIpc) is 2.96. The first kappa shape index (κ1) is 14.9. The van der Waals surface area contributed by atoms with Crippen LogP contribution in [0.3, 0.4) is 0 Å². The standard InChI is InChI=1S/C16H11Cl2NS2/c17-12-3-1-11(2-4-12)16-19-14(10-21-16)9-20-15-7-5-13(18)6-8-15/h1-8,10H,9H2. The number of thiazole rings is 1. The minimum atomic E-state index is 0.744. The number of hydrogen-bond acceptors (Lipinski definition) is 3. The van der Waals surface area contributed by atoms with E-state index in [4.69, 9.17) is 23.2 Å². The summed E-state index contributed by atoms with van der Waals surface area (Å²) in [7, 11) is 0. The fraction of sp³-hybridized carbons (Fsp3) is 0.0625. The summed E-state index contributed by atoms with van der Waals surface area (Å²) in [5.41, 5.74) is 2.19. The van der Waals surface area contributed by atoms with Gasteiger partial charge in [-0.2, -0.15) is 0 Å². The van der Waals surface area contributed by atoms with Gasteiger partial charge in [0, 0.05) is 31.6 Å². The average molecular weight is 352 g/mol. The van der Waals surface area contributed by atoms with Gasteiger partial charge in [-0.25, -0.2) is 4.98 Å². The summed E-state index contributed by atoms with van der Waals surface area (Å²) in [4.78, 5) is 5.87. The molecule has 106 valence electrons. The molecule has 1 aromatic heterocycles. The van der Waals surface area contributed by atoms with Crippen LogP contribution in [0.25, 0.3) is 10.6 Å². The zero-order valence-electron chi connectivity index (χ0n) is 10.9. The molecule has 0 fully saturated rings. The summed E-state index contributed by atoms with van der Waals surface area (Å²) in [5, 5.41) is 4.64. The van der Waals surface area contributed by atoms with Gasteiger partial charge >= 0.3 is 0 Å². The SMILES string of the molecule is Clc1ccc(SCc2csc(-c3ccc(Cl)cc3)n2)cc1. The maximum Gasteiger partial charge on any atom is 0.123 e. The summed E-state index contributed by atoms with van der Waals surface area (Å²) in [6, 6.07) is 15.6. The zero-order chi connectivity index (χ0) is 14.7. The van der Waals surface area contributed by atoms with Crippen LogP contribution in [-0.4, -0.2) is 4.98 Å². The molecule has 0 aliphatic rings. The van der Waals surface area contributed by atoms with Crippen molar-refractivity contribution in [3.05, 3.63) is 69.7 Å². The lowest BCUT2D eigenvalue weighted by atomic mass is 10.2. The van der Waals surface area contributed by atoms with Crippen molar-refractivity contribution in [1.82, 2.24) is 4.98 Å². The maximum atomic E-state index is 5.90. The first-order valence-corrected chi connectivity index (χ1v) is 8.91. The second-order valence-corrected chi connectivity index (χ2v) is 7.17. The molecule has 0 saturated carbocycles. The molecule has 21 heavy (non-hydrogen) atoms. The molecular weight excluding hydrogens is 341 g/mol. The summed E-state index contributed by atoms with van der Waals surface area (Å²) in [6.45, 7) is 0. The van der Waals surface area contributed by atoms with Crippen molar-refractivity contribution >= 4 is 46.3 Å². The number of halogens is 2. The van der Waals surface area contributed by atoms with Gasteiger partial charge in [0.2, 0.25) is 0 Å². The third-order valence-corrected chi connectivity index (χ3v) is 5.33. The highest BCUT2D eigenvalue weighted by Crippen LogP contribution is 2.29. The quantitative estimate of drug-likeness (QED) is 0.503. The van der Waals surface area contributed by atoms with Crippen LogP contribution >= 0.6 is 46.3 Å². The number of thioether (sulfide) groups is 1. The van der Waals surface area contributed by atoms with E-state index >= 15 is 0 Å². The molecule has 0 unspecified atom stereocenters. The fourth-order valence-electron chi connectivity index (χ4n) is 1.79. The topological polar surface area (TPSA) is 12.9 Å². The van der Waals surface area contributed by atoms with Gasteiger partial charge in [-0.15, -0.1) is 23.1 Å². The van der Waals surface area contributed by atoms with Crippen molar-refractivity contribution in [2.75, 3.05) is 0 Å². The van der Waals surface area contributed by atoms with Crippen LogP contribution in [0.15, 0.2) is 58.8 Å². The van der Waals surface area contributed by atoms with Crippen molar-refractivity contribution in [1.29, 1.82) is 0 Å². The predicted octanol–water partition coefficient (Wildman–Crippen LogP) is 6.41. The summed E-state index contributed by atoms with van der Waals surface area (Å²) >= 11 is 15.2. The summed E-state index contributed by atoms with van der Waals surface area (Å²) in [5.74, 6) is 0.853. The van der Waals surface area contributed by atoms with E-state index < -0.39 is 0 Å². The lowest BCUT2D eigenvalue weighted by Crippen LogP contribution is -1.82. The maximum absolute atomic E-state index is 5.90. The Bertz CT molecular complexity index is 721. The van der Waals surface area contributed by atoms with E-state index in [1.807, 2.05) is 48.5 Å². The lowest BCUT2D eigenvalue weighted by Gasteiger charge is -1.99. The van der Waals surface area contributed by atoms with Crippen LogP contribution in [0, 0.1) is 0 Å². The van der Waals surface area contributed by atoms with Gasteiger partial charge in [-0.1, -0.05) is 35.3 Å². The third kappa shape index (κ3) is 4.01. The van der Waals surface area contributed by atoms with E-state index in [0.717, 1.165) is 32.1 Å². The molecule has 1 nitrogen and oxygen atoms in total. The fourth-order valence-corrected chi connectivity index (χ4v) is 3.76. The molecule has 0 bridgehead atoms. The second kappa shape index (κ2) is 6.84. The van der Waals surface area contributed by atoms with E-state index in [9.17, 15) is 0 Å². The molecule has 0 amide bonds. The molecule has 0 radical (unpaired) electrons. The third-order valence-electron chi connectivity index (χ3n) is 2.84. The highest BCUT2D eigenvalue weighted by Gasteiger charge is 2.05. The van der Waals surface area contributed by atoms with Gasteiger partial charge < -0.3 is 0 Å². The number of aromatic nitrogens is 1. The number of hydrogen-bond donors (Lipinski definition) is 0. The van der Waals surface area contributed by atoms with Crippen LogP contribution in [0.5, 0.6) is 0 Å². The smallest absolute Gasteiger partial charge is 0.123 e. The van der Waals surface area contributed by atoms with Gasteiger partial charge in [0.1, 0.15) is 5.01 Å². The van der Waals surface area contributed by atoms with E-state index in [2.05, 4.69) is 10.4 Å². The number of nitrogens with zero attached hydrogens (tertiary/aromatic N) is 1. The highest BCUT2D eigenvalue weighted by atomic mass is 35.5. The predicted molar refractivity (Wildman–Crippen MR) is 93.6 cm³/mol. The second-order valence-electron chi connectivity index (χ2n) is 4.39. The van der Waals surface area contributed by atoms with E-state index in [1.54, 1.807) is 23.1 Å². The van der Waals surface area contributed by atoms with Crippen molar-refractivity contribution in [2.45, 2.75) is 10.6 Å². The van der Waals surface area contributed by atoms with Gasteiger partial charge in [-0.05, 0) is 36.4 Å². The molecule has 0 saturated heterocycles. The summed E-state index contributed by atoms with van der Waals surface area (Å²) < 4.78 is 0. The molecule has 5 heteroatoms. The zero-order valence-corrected chi connectivity index (χ0v) is 14.1. The Balaban J connectivity index is 1.67. The molecule has 0 spiro atoms. The van der Waals surface area contributed by atoms with E-state index in [-0.39, 0.29) is 0 Å². The van der Waals surface area contributed by atoms with Gasteiger partial charge in [0.25, 0.3) is 0 Å². The van der Waals surface area contributed by atoms with Gasteiger partial charge in [-0.3, -0.25) is 0 Å². The Hall–Kier alpha value is -1.00. The lowest BCUT2D eigenvalue weighted by molar-refractivity contribution is 1.23. The molecule has 1 heterocycles. The van der Waals surface area contributed by atoms with Crippen LogP contribution < -0.4 is 0 Å². The largest absolute Gasteiger partial charge is 0.240 e. The molecular formula is C16H11Cl2NS2. The molecule has 0 aliphatic carbocycles. The minimum absolute atomic E-state index is 0.744.